The first-order valence-electron chi connectivity index (χ1n) is 16.2. The van der Waals surface area contributed by atoms with Gasteiger partial charge in [0.05, 0.1) is 0 Å². The highest BCUT2D eigenvalue weighted by Gasteiger charge is 2.27. The first kappa shape index (κ1) is 36.1. The van der Waals surface area contributed by atoms with E-state index in [1.54, 1.807) is 4.67 Å². The van der Waals surface area contributed by atoms with Gasteiger partial charge in [0.15, 0.2) is 0 Å². The second kappa shape index (κ2) is 28.1. The van der Waals surface area contributed by atoms with E-state index in [0.717, 1.165) is 25.7 Å². The fourth-order valence-electron chi connectivity index (χ4n) is 5.10. The highest BCUT2D eigenvalue weighted by atomic mass is 31.2. The van der Waals surface area contributed by atoms with Crippen molar-refractivity contribution in [3.8, 4) is 0 Å². The lowest BCUT2D eigenvalue weighted by atomic mass is 10.0. The normalized spacial score (nSPS) is 13.5. The van der Waals surface area contributed by atoms with Crippen molar-refractivity contribution < 1.29 is 14.0 Å². The molecular weight excluding hydrogens is 465 g/mol. The van der Waals surface area contributed by atoms with Crippen LogP contribution in [0, 0.1) is 0 Å². The zero-order chi connectivity index (χ0) is 26.6. The van der Waals surface area contributed by atoms with Crippen LogP contribution in [-0.4, -0.2) is 29.8 Å². The van der Waals surface area contributed by atoms with E-state index >= 15 is 0 Å². The van der Waals surface area contributed by atoms with Gasteiger partial charge < -0.3 is 9.42 Å². The first-order valence-corrected chi connectivity index (χ1v) is 17.8. The number of rotatable bonds is 30. The molecular formula is C31H66NO3P. The summed E-state index contributed by atoms with van der Waals surface area (Å²) in [6.45, 7) is 5.91. The summed E-state index contributed by atoms with van der Waals surface area (Å²) >= 11 is 0. The molecule has 36 heavy (non-hydrogen) atoms. The van der Waals surface area contributed by atoms with Crippen LogP contribution in [0.15, 0.2) is 0 Å². The smallest absolute Gasteiger partial charge is 0.312 e. The molecule has 0 heterocycles. The Morgan fingerprint density at radius 1 is 0.472 bits per heavy atom. The van der Waals surface area contributed by atoms with Gasteiger partial charge in [-0.05, 0) is 12.8 Å². The van der Waals surface area contributed by atoms with Crippen molar-refractivity contribution in [3.05, 3.63) is 0 Å². The van der Waals surface area contributed by atoms with Crippen LogP contribution in [0.2, 0.25) is 0 Å². The average molecular weight is 532 g/mol. The maximum atomic E-state index is 12.4. The summed E-state index contributed by atoms with van der Waals surface area (Å²) in [6, 6.07) is 0. The fraction of sp³-hybridized carbons (Fsp3) is 1.00. The summed E-state index contributed by atoms with van der Waals surface area (Å²) in [5, 5.41) is 0. The van der Waals surface area contributed by atoms with Crippen molar-refractivity contribution in [2.24, 2.45) is 0 Å². The Morgan fingerprint density at radius 2 is 0.694 bits per heavy atom. The van der Waals surface area contributed by atoms with Gasteiger partial charge in [-0.2, -0.15) is 0 Å². The van der Waals surface area contributed by atoms with E-state index in [1.165, 1.54) is 148 Å². The topological polar surface area (TPSA) is 49.8 Å². The largest absolute Gasteiger partial charge is 0.405 e. The van der Waals surface area contributed by atoms with Gasteiger partial charge in [0.2, 0.25) is 0 Å². The van der Waals surface area contributed by atoms with Crippen molar-refractivity contribution in [2.75, 3.05) is 20.2 Å². The van der Waals surface area contributed by atoms with Crippen LogP contribution in [0.4, 0.5) is 0 Å². The quantitative estimate of drug-likeness (QED) is 0.0739. The molecule has 0 radical (unpaired) electrons. The molecule has 0 rings (SSSR count). The molecule has 0 saturated heterocycles. The van der Waals surface area contributed by atoms with Crippen molar-refractivity contribution in [2.45, 2.75) is 181 Å². The minimum Gasteiger partial charge on any atom is -0.312 e. The Labute approximate surface area is 227 Å². The van der Waals surface area contributed by atoms with E-state index in [-0.39, 0.29) is 0 Å². The van der Waals surface area contributed by atoms with E-state index in [9.17, 15) is 9.46 Å². The molecule has 0 aliphatic carbocycles. The van der Waals surface area contributed by atoms with Gasteiger partial charge in [-0.25, -0.2) is 9.24 Å². The predicted octanol–water partition coefficient (Wildman–Crippen LogP) is 11.2. The number of hydrogen-bond acceptors (Lipinski definition) is 2. The third-order valence-corrected chi connectivity index (χ3v) is 9.23. The van der Waals surface area contributed by atoms with E-state index in [0.29, 0.717) is 13.1 Å². The molecule has 0 bridgehead atoms. The average Bonchev–Trinajstić information content (AvgIpc) is 2.88. The van der Waals surface area contributed by atoms with Gasteiger partial charge in [-0.15, -0.1) is 0 Å². The summed E-state index contributed by atoms with van der Waals surface area (Å²) in [6.07, 6.45) is 34.3. The molecule has 0 aliphatic rings. The van der Waals surface area contributed by atoms with Crippen molar-refractivity contribution in [1.82, 2.24) is 4.67 Å². The van der Waals surface area contributed by atoms with Crippen LogP contribution in [-0.2, 0) is 9.09 Å². The van der Waals surface area contributed by atoms with Crippen LogP contribution in [0.5, 0.6) is 0 Å². The molecule has 0 saturated carbocycles. The molecule has 1 N–H and O–H groups in total. The summed E-state index contributed by atoms with van der Waals surface area (Å²) in [5.74, 6) is 0. The van der Waals surface area contributed by atoms with E-state index in [4.69, 9.17) is 4.52 Å². The molecule has 4 nitrogen and oxygen atoms in total. The fourth-order valence-corrected chi connectivity index (χ4v) is 6.12. The van der Waals surface area contributed by atoms with Crippen LogP contribution in [0.25, 0.3) is 0 Å². The van der Waals surface area contributed by atoms with E-state index in [1.807, 2.05) is 0 Å². The third-order valence-electron chi connectivity index (χ3n) is 7.63. The molecule has 0 amide bonds. The zero-order valence-corrected chi connectivity index (χ0v) is 25.9. The minimum atomic E-state index is -3.62. The lowest BCUT2D eigenvalue weighted by Crippen LogP contribution is -2.23. The summed E-state index contributed by atoms with van der Waals surface area (Å²) < 4.78 is 19.1. The van der Waals surface area contributed by atoms with Crippen molar-refractivity contribution in [1.29, 1.82) is 0 Å². The van der Waals surface area contributed by atoms with Crippen molar-refractivity contribution >= 4 is 7.75 Å². The van der Waals surface area contributed by atoms with Gasteiger partial charge in [0.1, 0.15) is 0 Å². The maximum Gasteiger partial charge on any atom is 0.405 e. The maximum absolute atomic E-state index is 12.4. The second-order valence-electron chi connectivity index (χ2n) is 11.1. The molecule has 5 heteroatoms. The Balaban J connectivity index is 3.67. The molecule has 0 aromatic rings. The number of hydrogen-bond donors (Lipinski definition) is 1. The summed E-state index contributed by atoms with van der Waals surface area (Å²) in [5.41, 5.74) is 0. The molecule has 0 spiro atoms. The SMILES string of the molecule is CCCCCCCCCCCCCCCN(CCCCCCCCCCCCCCC)P(=O)(O)OC. The minimum absolute atomic E-state index is 0.678. The van der Waals surface area contributed by atoms with Crippen LogP contribution < -0.4 is 0 Å². The summed E-state index contributed by atoms with van der Waals surface area (Å²) in [4.78, 5) is 10.2. The lowest BCUT2D eigenvalue weighted by Gasteiger charge is -2.25. The molecule has 1 atom stereocenters. The monoisotopic (exact) mass is 531 g/mol. The van der Waals surface area contributed by atoms with E-state index in [2.05, 4.69) is 13.8 Å². The van der Waals surface area contributed by atoms with Gasteiger partial charge in [0.25, 0.3) is 0 Å². The zero-order valence-electron chi connectivity index (χ0n) is 25.0. The van der Waals surface area contributed by atoms with Crippen LogP contribution in [0.1, 0.15) is 181 Å². The molecule has 0 aliphatic heterocycles. The van der Waals surface area contributed by atoms with Gasteiger partial charge in [-0.3, -0.25) is 0 Å². The van der Waals surface area contributed by atoms with Crippen LogP contribution in [0.3, 0.4) is 0 Å². The molecule has 0 aromatic heterocycles. The van der Waals surface area contributed by atoms with Gasteiger partial charge in [-0.1, -0.05) is 168 Å². The molecule has 0 aromatic carbocycles. The number of nitrogens with zero attached hydrogens (tertiary/aromatic N) is 1. The number of unbranched alkanes of at least 4 members (excludes halogenated alkanes) is 24. The molecule has 218 valence electrons. The Morgan fingerprint density at radius 3 is 0.917 bits per heavy atom. The Bertz CT molecular complexity index is 445. The van der Waals surface area contributed by atoms with E-state index < -0.39 is 7.75 Å². The van der Waals surface area contributed by atoms with Gasteiger partial charge >= 0.3 is 7.75 Å². The predicted molar refractivity (Wildman–Crippen MR) is 160 cm³/mol. The van der Waals surface area contributed by atoms with Crippen molar-refractivity contribution in [3.63, 3.8) is 0 Å². The standard InChI is InChI=1S/C31H66NO3P/c1-4-6-8-10-12-14-16-18-20-22-24-26-28-30-32(36(33,34)35-3)31-29-27-25-23-21-19-17-15-13-11-9-7-5-2/h4-31H2,1-3H3,(H,33,34). The highest BCUT2D eigenvalue weighted by molar-refractivity contribution is 7.50. The van der Waals surface area contributed by atoms with Crippen LogP contribution >= 0.6 is 7.75 Å². The first-order chi connectivity index (χ1) is 17.6. The molecule has 0 fully saturated rings. The second-order valence-corrected chi connectivity index (χ2v) is 13.0. The van der Waals surface area contributed by atoms with Gasteiger partial charge in [0, 0.05) is 20.2 Å². The highest BCUT2D eigenvalue weighted by Crippen LogP contribution is 2.45. The Kier molecular flexibility index (Phi) is 28.2. The lowest BCUT2D eigenvalue weighted by molar-refractivity contribution is 0.230. The third kappa shape index (κ3) is 24.4. The Hall–Kier alpha value is 0.110. The molecule has 1 unspecified atom stereocenters. The summed E-state index contributed by atoms with van der Waals surface area (Å²) in [7, 11) is -2.26.